The van der Waals surface area contributed by atoms with Gasteiger partial charge in [0, 0.05) is 21.6 Å². The van der Waals surface area contributed by atoms with Crippen LogP contribution in [0.25, 0.3) is 5.70 Å². The second-order valence-electron chi connectivity index (χ2n) is 5.84. The topological polar surface area (TPSA) is 29.1 Å². The van der Waals surface area contributed by atoms with Crippen molar-refractivity contribution in [3.8, 4) is 0 Å². The molecular weight excluding hydrogens is 334 g/mol. The molecule has 1 aliphatic carbocycles. The van der Waals surface area contributed by atoms with Gasteiger partial charge in [-0.3, -0.25) is 4.79 Å². The maximum Gasteiger partial charge on any atom is 0.193 e. The van der Waals surface area contributed by atoms with Gasteiger partial charge in [0.05, 0.1) is 16.6 Å². The number of ketones is 1. The predicted octanol–water partition coefficient (Wildman–Crippen LogP) is 5.61. The molecule has 116 valence electrons. The first kappa shape index (κ1) is 14.1. The third kappa shape index (κ3) is 2.00. The second-order valence-corrected chi connectivity index (χ2v) is 7.77. The van der Waals surface area contributed by atoms with Crippen molar-refractivity contribution in [1.29, 1.82) is 0 Å². The van der Waals surface area contributed by atoms with Crippen LogP contribution in [-0.4, -0.2) is 5.78 Å². The first-order valence-electron chi connectivity index (χ1n) is 7.76. The maximum atomic E-state index is 13.1. The number of thioether (sulfide) groups is 1. The second kappa shape index (κ2) is 5.36. The van der Waals surface area contributed by atoms with E-state index >= 15 is 0 Å². The highest BCUT2D eigenvalue weighted by Gasteiger charge is 2.38. The molecule has 0 radical (unpaired) electrons. The van der Waals surface area contributed by atoms with E-state index in [1.54, 1.807) is 23.1 Å². The molecular formula is C20H13NOS2. The van der Waals surface area contributed by atoms with E-state index in [1.807, 2.05) is 36.4 Å². The van der Waals surface area contributed by atoms with Crippen molar-refractivity contribution in [2.24, 2.45) is 0 Å². The lowest BCUT2D eigenvalue weighted by molar-refractivity contribution is 0.103. The molecule has 0 unspecified atom stereocenters. The fourth-order valence-electron chi connectivity index (χ4n) is 3.34. The summed E-state index contributed by atoms with van der Waals surface area (Å²) in [6.45, 7) is 0. The molecule has 4 heteroatoms. The van der Waals surface area contributed by atoms with Crippen LogP contribution >= 0.6 is 23.1 Å². The number of para-hydroxylation sites is 1. The number of nitrogens with one attached hydrogen (secondary N) is 1. The normalized spacial score (nSPS) is 18.5. The van der Waals surface area contributed by atoms with Crippen LogP contribution in [0.2, 0.25) is 0 Å². The van der Waals surface area contributed by atoms with E-state index in [9.17, 15) is 4.79 Å². The molecule has 24 heavy (non-hydrogen) atoms. The fraction of sp³-hybridized carbons (Fsp3) is 0.0500. The van der Waals surface area contributed by atoms with Crippen LogP contribution in [0.4, 0.5) is 5.69 Å². The molecule has 0 fully saturated rings. The van der Waals surface area contributed by atoms with Crippen LogP contribution in [0.3, 0.4) is 0 Å². The summed E-state index contributed by atoms with van der Waals surface area (Å²) in [6.07, 6.45) is 0. The van der Waals surface area contributed by atoms with Gasteiger partial charge < -0.3 is 5.32 Å². The number of fused-ring (bicyclic) bond motifs is 3. The van der Waals surface area contributed by atoms with Gasteiger partial charge in [-0.1, -0.05) is 36.4 Å². The van der Waals surface area contributed by atoms with Gasteiger partial charge in [-0.15, -0.1) is 11.8 Å². The molecule has 0 bridgehead atoms. The van der Waals surface area contributed by atoms with Gasteiger partial charge in [0.1, 0.15) is 0 Å². The van der Waals surface area contributed by atoms with Crippen LogP contribution < -0.4 is 5.32 Å². The minimum atomic E-state index is 0.0160. The number of benzene rings is 2. The van der Waals surface area contributed by atoms with Crippen molar-refractivity contribution in [2.45, 2.75) is 10.1 Å². The Morgan fingerprint density at radius 1 is 0.917 bits per heavy atom. The summed E-state index contributed by atoms with van der Waals surface area (Å²) in [5.74, 6) is 0.143. The average molecular weight is 347 g/mol. The number of thiophene rings is 1. The van der Waals surface area contributed by atoms with Crippen LogP contribution in [0.5, 0.6) is 0 Å². The molecule has 1 aromatic heterocycles. The van der Waals surface area contributed by atoms with E-state index in [0.717, 1.165) is 28.1 Å². The van der Waals surface area contributed by atoms with Gasteiger partial charge in [0.25, 0.3) is 0 Å². The molecule has 2 heterocycles. The molecule has 2 aliphatic rings. The van der Waals surface area contributed by atoms with Crippen LogP contribution in [0.15, 0.2) is 75.8 Å². The zero-order valence-electron chi connectivity index (χ0n) is 12.7. The number of anilines is 1. The monoisotopic (exact) mass is 347 g/mol. The minimum absolute atomic E-state index is 0.0160. The average Bonchev–Trinajstić information content (AvgIpc) is 3.19. The van der Waals surface area contributed by atoms with Gasteiger partial charge in [-0.05, 0) is 34.5 Å². The lowest BCUT2D eigenvalue weighted by Crippen LogP contribution is -2.06. The van der Waals surface area contributed by atoms with Crippen molar-refractivity contribution < 1.29 is 4.79 Å². The molecule has 1 aliphatic heterocycles. The molecule has 2 nitrogen and oxygen atoms in total. The van der Waals surface area contributed by atoms with Crippen LogP contribution in [0.1, 0.15) is 26.7 Å². The number of Topliss-reactive ketones (excluding diaryl/α,β-unsaturated/α-hetero) is 1. The van der Waals surface area contributed by atoms with Crippen LogP contribution in [-0.2, 0) is 0 Å². The third-order valence-corrected chi connectivity index (χ3v) is 6.51. The van der Waals surface area contributed by atoms with Gasteiger partial charge in [-0.2, -0.15) is 11.3 Å². The lowest BCUT2D eigenvalue weighted by Gasteiger charge is -2.15. The van der Waals surface area contributed by atoms with Crippen molar-refractivity contribution in [1.82, 2.24) is 0 Å². The zero-order chi connectivity index (χ0) is 16.1. The Morgan fingerprint density at radius 3 is 2.54 bits per heavy atom. The van der Waals surface area contributed by atoms with Crippen molar-refractivity contribution in [2.75, 3.05) is 5.32 Å². The van der Waals surface area contributed by atoms with Gasteiger partial charge in [-0.25, -0.2) is 0 Å². The summed E-state index contributed by atoms with van der Waals surface area (Å²) >= 11 is 3.42. The Morgan fingerprint density at radius 2 is 1.71 bits per heavy atom. The Hall–Kier alpha value is -2.30. The molecule has 2 aromatic carbocycles. The van der Waals surface area contributed by atoms with Gasteiger partial charge in [0.2, 0.25) is 0 Å². The lowest BCUT2D eigenvalue weighted by atomic mass is 10.0. The van der Waals surface area contributed by atoms with E-state index in [-0.39, 0.29) is 11.0 Å². The Kier molecular flexibility index (Phi) is 3.15. The number of hydrogen-bond acceptors (Lipinski definition) is 4. The molecule has 0 saturated carbocycles. The van der Waals surface area contributed by atoms with E-state index in [2.05, 4.69) is 34.3 Å². The van der Waals surface area contributed by atoms with E-state index in [0.29, 0.717) is 0 Å². The summed E-state index contributed by atoms with van der Waals surface area (Å²) in [7, 11) is 0. The minimum Gasteiger partial charge on any atom is -0.354 e. The SMILES string of the molecule is O=C1C2=C(Nc3ccccc3S[C@H]2c2ccsc2)c2ccccc21. The first-order valence-corrected chi connectivity index (χ1v) is 9.58. The highest BCUT2D eigenvalue weighted by atomic mass is 32.2. The summed E-state index contributed by atoms with van der Waals surface area (Å²) in [6, 6.07) is 18.3. The summed E-state index contributed by atoms with van der Waals surface area (Å²) in [5, 5.41) is 7.78. The van der Waals surface area contributed by atoms with E-state index < -0.39 is 0 Å². The number of rotatable bonds is 1. The van der Waals surface area contributed by atoms with Crippen molar-refractivity contribution in [3.63, 3.8) is 0 Å². The number of hydrogen-bond donors (Lipinski definition) is 1. The molecule has 0 amide bonds. The van der Waals surface area contributed by atoms with E-state index in [4.69, 9.17) is 0 Å². The molecule has 0 spiro atoms. The number of carbonyl (C=O) groups is 1. The quantitative estimate of drug-likeness (QED) is 0.620. The molecule has 1 N–H and O–H groups in total. The Balaban J connectivity index is 1.77. The van der Waals surface area contributed by atoms with Gasteiger partial charge in [0.15, 0.2) is 5.78 Å². The van der Waals surface area contributed by atoms with Crippen molar-refractivity contribution >= 4 is 40.3 Å². The predicted molar refractivity (Wildman–Crippen MR) is 101 cm³/mol. The Bertz CT molecular complexity index is 988. The highest BCUT2D eigenvalue weighted by Crippen LogP contribution is 2.52. The molecule has 1 atom stereocenters. The summed E-state index contributed by atoms with van der Waals surface area (Å²) in [4.78, 5) is 14.3. The zero-order valence-corrected chi connectivity index (χ0v) is 14.3. The third-order valence-electron chi connectivity index (χ3n) is 4.45. The largest absolute Gasteiger partial charge is 0.354 e. The van der Waals surface area contributed by atoms with E-state index in [1.165, 1.54) is 10.5 Å². The smallest absolute Gasteiger partial charge is 0.193 e. The maximum absolute atomic E-state index is 13.1. The van der Waals surface area contributed by atoms with Crippen molar-refractivity contribution in [3.05, 3.63) is 87.6 Å². The molecule has 5 rings (SSSR count). The fourth-order valence-corrected chi connectivity index (χ4v) is 5.39. The standard InChI is InChI=1S/C20H13NOS2/c22-19-14-6-2-1-5-13(14)18-17(19)20(12-9-10-23-11-12)24-16-8-4-3-7-15(16)21-18/h1-11,20-21H/t20-/m0/s1. The number of carbonyl (C=O) groups excluding carboxylic acids is 1. The highest BCUT2D eigenvalue weighted by molar-refractivity contribution is 8.00. The Labute approximate surface area is 148 Å². The van der Waals surface area contributed by atoms with Gasteiger partial charge >= 0.3 is 0 Å². The summed E-state index contributed by atoms with van der Waals surface area (Å²) in [5.41, 5.74) is 5.90. The van der Waals surface area contributed by atoms with Crippen LogP contribution in [0, 0.1) is 0 Å². The molecule has 3 aromatic rings. The first-order chi connectivity index (χ1) is 11.8. The summed E-state index contributed by atoms with van der Waals surface area (Å²) < 4.78 is 0. The molecule has 0 saturated heterocycles.